The number of hydrogen-bond donors (Lipinski definition) is 2. The van der Waals surface area contributed by atoms with E-state index in [4.69, 9.17) is 10.8 Å². The number of rotatable bonds is 8. The molecule has 1 amide bonds. The monoisotopic (exact) mass is 505 g/mol. The second-order valence-corrected chi connectivity index (χ2v) is 8.86. The predicted molar refractivity (Wildman–Crippen MR) is 139 cm³/mol. The van der Waals surface area contributed by atoms with Gasteiger partial charge in [0.25, 0.3) is 5.91 Å². The summed E-state index contributed by atoms with van der Waals surface area (Å²) in [5.41, 5.74) is 8.57. The lowest BCUT2D eigenvalue weighted by molar-refractivity contribution is -0.136. The number of aromatic nitrogens is 1. The summed E-state index contributed by atoms with van der Waals surface area (Å²) in [5, 5.41) is 11.3. The average molecular weight is 506 g/mol. The van der Waals surface area contributed by atoms with Gasteiger partial charge in [0.2, 0.25) is 0 Å². The summed E-state index contributed by atoms with van der Waals surface area (Å²) in [7, 11) is 4.15. The van der Waals surface area contributed by atoms with Crippen LogP contribution in [-0.2, 0) is 24.2 Å². The number of aliphatic carboxylic acids is 1. The molecule has 0 aliphatic rings. The van der Waals surface area contributed by atoms with Crippen LogP contribution in [0.15, 0.2) is 72.9 Å². The molecule has 1 aromatic heterocycles. The molecular formula is C29H29F2N3O3. The minimum absolute atomic E-state index is 0.157. The zero-order chi connectivity index (χ0) is 26.9. The van der Waals surface area contributed by atoms with Gasteiger partial charge >= 0.3 is 5.97 Å². The molecule has 6 nitrogen and oxygen atoms in total. The van der Waals surface area contributed by atoms with Crippen LogP contribution in [0.2, 0.25) is 0 Å². The van der Waals surface area contributed by atoms with Crippen LogP contribution in [0, 0.1) is 11.6 Å². The first-order valence-electron chi connectivity index (χ1n) is 11.7. The van der Waals surface area contributed by atoms with E-state index in [-0.39, 0.29) is 6.42 Å². The van der Waals surface area contributed by atoms with Crippen LogP contribution >= 0.6 is 0 Å². The van der Waals surface area contributed by atoms with Gasteiger partial charge in [-0.05, 0) is 60.8 Å². The minimum atomic E-state index is -1.10. The molecule has 0 fully saturated rings. The number of nitrogens with two attached hydrogens (primary N) is 1. The predicted octanol–water partition coefficient (Wildman–Crippen LogP) is 4.97. The summed E-state index contributed by atoms with van der Waals surface area (Å²) in [6, 6.07) is 19.7. The number of carbonyl (C=O) groups is 2. The number of pyridine rings is 1. The number of primary amides is 1. The van der Waals surface area contributed by atoms with Gasteiger partial charge in [0.05, 0.1) is 5.69 Å². The Morgan fingerprint density at radius 3 is 2.19 bits per heavy atom. The summed E-state index contributed by atoms with van der Waals surface area (Å²) in [5.74, 6) is -3.73. The van der Waals surface area contributed by atoms with Gasteiger partial charge in [-0.2, -0.15) is 0 Å². The maximum absolute atomic E-state index is 12.6. The third kappa shape index (κ3) is 7.65. The van der Waals surface area contributed by atoms with Crippen LogP contribution in [0.3, 0.4) is 0 Å². The quantitative estimate of drug-likeness (QED) is 0.353. The first kappa shape index (κ1) is 27.4. The fraction of sp³-hybridized carbons (Fsp3) is 0.207. The summed E-state index contributed by atoms with van der Waals surface area (Å²) in [6.45, 7) is 0.894. The molecule has 0 spiro atoms. The lowest BCUT2D eigenvalue weighted by atomic mass is 9.98. The molecule has 192 valence electrons. The van der Waals surface area contributed by atoms with Gasteiger partial charge in [-0.15, -0.1) is 0 Å². The van der Waals surface area contributed by atoms with Crippen molar-refractivity contribution in [3.8, 4) is 0 Å². The molecule has 0 bridgehead atoms. The highest BCUT2D eigenvalue weighted by atomic mass is 19.1. The molecule has 3 aromatic carbocycles. The summed E-state index contributed by atoms with van der Waals surface area (Å²) < 4.78 is 25.1. The Labute approximate surface area is 214 Å². The number of aryl methyl sites for hydroxylation is 1. The highest BCUT2D eigenvalue weighted by molar-refractivity contribution is 5.93. The van der Waals surface area contributed by atoms with Crippen LogP contribution in [0.25, 0.3) is 10.8 Å². The number of nitrogens with zero attached hydrogens (tertiary/aromatic N) is 2. The normalized spacial score (nSPS) is 10.7. The Morgan fingerprint density at radius 1 is 0.919 bits per heavy atom. The number of hydrogen-bond acceptors (Lipinski definition) is 4. The van der Waals surface area contributed by atoms with Crippen molar-refractivity contribution in [2.75, 3.05) is 14.1 Å². The van der Waals surface area contributed by atoms with Gasteiger partial charge in [0.15, 0.2) is 0 Å². The van der Waals surface area contributed by atoms with Crippen LogP contribution in [-0.4, -0.2) is 41.0 Å². The van der Waals surface area contributed by atoms with Gasteiger partial charge in [0.1, 0.15) is 17.2 Å². The SMILES string of the molecule is CN(C)Cc1cccc2c(Cc3cccc(CCC(=O)O)c3)nccc12.NC(=O)c1c(F)cccc1F. The van der Waals surface area contributed by atoms with Crippen molar-refractivity contribution in [2.45, 2.75) is 25.8 Å². The smallest absolute Gasteiger partial charge is 0.303 e. The Morgan fingerprint density at radius 2 is 1.57 bits per heavy atom. The van der Waals surface area contributed by atoms with Crippen molar-refractivity contribution in [3.05, 3.63) is 113 Å². The number of fused-ring (bicyclic) bond motifs is 1. The standard InChI is InChI=1S/C22H24N2O2.C7H5F2NO/c1-24(2)15-18-7-4-8-20-19(18)11-12-23-21(20)14-17-6-3-5-16(13-17)9-10-22(25)26;8-4-2-1-3-5(9)6(4)7(10)11/h3-8,11-13H,9-10,14-15H2,1-2H3,(H,25,26);1-3H,(H2,10,11). The summed E-state index contributed by atoms with van der Waals surface area (Å²) in [4.78, 5) is 28.0. The van der Waals surface area contributed by atoms with E-state index < -0.39 is 29.1 Å². The maximum Gasteiger partial charge on any atom is 0.303 e. The third-order valence-corrected chi connectivity index (χ3v) is 5.67. The molecule has 0 saturated heterocycles. The van der Waals surface area contributed by atoms with Crippen LogP contribution in [0.5, 0.6) is 0 Å². The first-order chi connectivity index (χ1) is 17.7. The maximum atomic E-state index is 12.6. The zero-order valence-corrected chi connectivity index (χ0v) is 20.7. The minimum Gasteiger partial charge on any atom is -0.481 e. The molecule has 0 atom stereocenters. The molecule has 0 saturated carbocycles. The summed E-state index contributed by atoms with van der Waals surface area (Å²) in [6.07, 6.45) is 3.33. The molecule has 0 unspecified atom stereocenters. The van der Waals surface area contributed by atoms with Crippen molar-refractivity contribution < 1.29 is 23.5 Å². The average Bonchev–Trinajstić information content (AvgIpc) is 2.83. The largest absolute Gasteiger partial charge is 0.481 e. The van der Waals surface area contributed by atoms with Crippen molar-refractivity contribution in [1.82, 2.24) is 9.88 Å². The van der Waals surface area contributed by atoms with Crippen molar-refractivity contribution in [1.29, 1.82) is 0 Å². The second kappa shape index (κ2) is 12.7. The Kier molecular flexibility index (Phi) is 9.40. The molecular weight excluding hydrogens is 476 g/mol. The number of carboxylic acids is 1. The molecule has 0 radical (unpaired) electrons. The molecule has 37 heavy (non-hydrogen) atoms. The van der Waals surface area contributed by atoms with E-state index in [1.165, 1.54) is 16.3 Å². The molecule has 0 aliphatic carbocycles. The lowest BCUT2D eigenvalue weighted by Gasteiger charge is -2.14. The summed E-state index contributed by atoms with van der Waals surface area (Å²) >= 11 is 0. The van der Waals surface area contributed by atoms with Gasteiger partial charge in [-0.3, -0.25) is 14.6 Å². The highest BCUT2D eigenvalue weighted by Gasteiger charge is 2.12. The second-order valence-electron chi connectivity index (χ2n) is 8.86. The van der Waals surface area contributed by atoms with E-state index in [0.29, 0.717) is 6.42 Å². The van der Waals surface area contributed by atoms with Crippen molar-refractivity contribution in [3.63, 3.8) is 0 Å². The number of amides is 1. The van der Waals surface area contributed by atoms with E-state index in [0.717, 1.165) is 48.0 Å². The Hall–Kier alpha value is -4.17. The molecule has 3 N–H and O–H groups in total. The van der Waals surface area contributed by atoms with Gasteiger partial charge in [-0.1, -0.05) is 48.5 Å². The van der Waals surface area contributed by atoms with Gasteiger partial charge < -0.3 is 15.7 Å². The van der Waals surface area contributed by atoms with Crippen LogP contribution in [0.1, 0.15) is 39.2 Å². The van der Waals surface area contributed by atoms with E-state index in [9.17, 15) is 18.4 Å². The number of carboxylic acid groups (broad SMARTS) is 1. The van der Waals surface area contributed by atoms with Crippen molar-refractivity contribution >= 4 is 22.6 Å². The Balaban J connectivity index is 0.000000289. The third-order valence-electron chi connectivity index (χ3n) is 5.67. The molecule has 4 rings (SSSR count). The lowest BCUT2D eigenvalue weighted by Crippen LogP contribution is -2.15. The number of halogens is 2. The van der Waals surface area contributed by atoms with Gasteiger partial charge in [0, 0.05) is 31.0 Å². The zero-order valence-electron chi connectivity index (χ0n) is 20.7. The Bertz CT molecular complexity index is 1390. The van der Waals surface area contributed by atoms with Gasteiger partial charge in [-0.25, -0.2) is 8.78 Å². The fourth-order valence-electron chi connectivity index (χ4n) is 4.03. The van der Waals surface area contributed by atoms with E-state index >= 15 is 0 Å². The van der Waals surface area contributed by atoms with E-state index in [1.807, 2.05) is 18.3 Å². The first-order valence-corrected chi connectivity index (χ1v) is 11.7. The van der Waals surface area contributed by atoms with Crippen LogP contribution in [0.4, 0.5) is 8.78 Å². The molecule has 4 aromatic rings. The highest BCUT2D eigenvalue weighted by Crippen LogP contribution is 2.24. The van der Waals surface area contributed by atoms with E-state index in [2.05, 4.69) is 60.4 Å². The topological polar surface area (TPSA) is 96.5 Å². The molecule has 0 aliphatic heterocycles. The number of benzene rings is 3. The molecule has 1 heterocycles. The van der Waals surface area contributed by atoms with E-state index in [1.54, 1.807) is 0 Å². The van der Waals surface area contributed by atoms with Crippen molar-refractivity contribution in [2.24, 2.45) is 5.73 Å². The number of carbonyl (C=O) groups excluding carboxylic acids is 1. The molecule has 8 heteroatoms. The van der Waals surface area contributed by atoms with Crippen LogP contribution < -0.4 is 5.73 Å². The fourth-order valence-corrected chi connectivity index (χ4v) is 4.03.